The number of rotatable bonds is 1. The van der Waals surface area contributed by atoms with Crippen LogP contribution < -0.4 is 0 Å². The Morgan fingerprint density at radius 2 is 1.44 bits per heavy atom. The van der Waals surface area contributed by atoms with Crippen LogP contribution in [0.4, 0.5) is 0 Å². The average molecular weight is 210 g/mol. The van der Waals surface area contributed by atoms with E-state index in [1.165, 1.54) is 33.0 Å². The predicted molar refractivity (Wildman–Crippen MR) is 72.9 cm³/mol. The van der Waals surface area contributed by atoms with E-state index in [9.17, 15) is 0 Å². The summed E-state index contributed by atoms with van der Waals surface area (Å²) in [5, 5.41) is 2.74. The Morgan fingerprint density at radius 1 is 0.812 bits per heavy atom. The standard InChI is InChI=1S/C16H18/c1-5-6-14-12(3)8-9-15-13(4)11(2)7-10-16(14)15/h5-10H,1-4H3/b6-5-. The molecule has 0 bridgehead atoms. The molecule has 0 N–H and O–H groups in total. The van der Waals surface area contributed by atoms with E-state index >= 15 is 0 Å². The minimum Gasteiger partial charge on any atom is -0.0870 e. The van der Waals surface area contributed by atoms with Crippen LogP contribution in [0.1, 0.15) is 29.2 Å². The molecule has 2 aromatic rings. The highest BCUT2D eigenvalue weighted by atomic mass is 14.1. The van der Waals surface area contributed by atoms with Crippen molar-refractivity contribution in [2.75, 3.05) is 0 Å². The van der Waals surface area contributed by atoms with E-state index in [0.717, 1.165) is 0 Å². The smallest absolute Gasteiger partial charge is 0.0106 e. The van der Waals surface area contributed by atoms with Crippen molar-refractivity contribution in [1.29, 1.82) is 0 Å². The first-order valence-electron chi connectivity index (χ1n) is 5.77. The van der Waals surface area contributed by atoms with Crippen LogP contribution >= 0.6 is 0 Å². The molecule has 2 rings (SSSR count). The first-order chi connectivity index (χ1) is 7.65. The topological polar surface area (TPSA) is 0 Å². The van der Waals surface area contributed by atoms with Gasteiger partial charge in [-0.2, -0.15) is 0 Å². The molecule has 0 aromatic heterocycles. The Labute approximate surface area is 97.6 Å². The monoisotopic (exact) mass is 210 g/mol. The van der Waals surface area contributed by atoms with Crippen molar-refractivity contribution in [1.82, 2.24) is 0 Å². The molecular formula is C16H18. The normalized spacial score (nSPS) is 11.5. The zero-order chi connectivity index (χ0) is 11.7. The van der Waals surface area contributed by atoms with Crippen molar-refractivity contribution in [2.45, 2.75) is 27.7 Å². The highest BCUT2D eigenvalue weighted by Crippen LogP contribution is 2.27. The minimum absolute atomic E-state index is 1.34. The van der Waals surface area contributed by atoms with E-state index in [4.69, 9.17) is 0 Å². The van der Waals surface area contributed by atoms with Gasteiger partial charge in [0.15, 0.2) is 0 Å². The van der Waals surface area contributed by atoms with Crippen LogP contribution in [0.2, 0.25) is 0 Å². The molecule has 0 aliphatic heterocycles. The summed E-state index contributed by atoms with van der Waals surface area (Å²) in [6, 6.07) is 8.90. The second-order valence-corrected chi connectivity index (χ2v) is 4.40. The van der Waals surface area contributed by atoms with Gasteiger partial charge in [-0.1, -0.05) is 36.4 Å². The van der Waals surface area contributed by atoms with Gasteiger partial charge >= 0.3 is 0 Å². The lowest BCUT2D eigenvalue weighted by atomic mass is 9.94. The van der Waals surface area contributed by atoms with E-state index < -0.39 is 0 Å². The van der Waals surface area contributed by atoms with Crippen LogP contribution in [0.15, 0.2) is 30.3 Å². The van der Waals surface area contributed by atoms with Crippen molar-refractivity contribution >= 4 is 16.8 Å². The van der Waals surface area contributed by atoms with Crippen molar-refractivity contribution in [3.8, 4) is 0 Å². The summed E-state index contributed by atoms with van der Waals surface area (Å²) in [4.78, 5) is 0. The Bertz CT molecular complexity index is 560. The van der Waals surface area contributed by atoms with Gasteiger partial charge in [-0.3, -0.25) is 0 Å². The number of benzene rings is 2. The summed E-state index contributed by atoms with van der Waals surface area (Å²) < 4.78 is 0. The number of hydrogen-bond acceptors (Lipinski definition) is 0. The molecule has 0 heteroatoms. The SMILES string of the molecule is C/C=C\c1c(C)ccc2c(C)c(C)ccc12. The van der Waals surface area contributed by atoms with Crippen LogP contribution in [0.25, 0.3) is 16.8 Å². The molecule has 0 fully saturated rings. The zero-order valence-electron chi connectivity index (χ0n) is 10.5. The molecule has 0 spiro atoms. The van der Waals surface area contributed by atoms with Gasteiger partial charge in [-0.25, -0.2) is 0 Å². The predicted octanol–water partition coefficient (Wildman–Crippen LogP) is 4.80. The van der Waals surface area contributed by atoms with Crippen LogP contribution in [0, 0.1) is 20.8 Å². The summed E-state index contributed by atoms with van der Waals surface area (Å²) in [5.74, 6) is 0. The van der Waals surface area contributed by atoms with Gasteiger partial charge in [0.2, 0.25) is 0 Å². The maximum atomic E-state index is 2.24. The molecular weight excluding hydrogens is 192 g/mol. The van der Waals surface area contributed by atoms with Gasteiger partial charge in [-0.15, -0.1) is 0 Å². The maximum absolute atomic E-state index is 2.24. The van der Waals surface area contributed by atoms with Crippen molar-refractivity contribution in [3.05, 3.63) is 52.6 Å². The molecule has 0 saturated carbocycles. The van der Waals surface area contributed by atoms with E-state index in [1.807, 2.05) is 0 Å². The van der Waals surface area contributed by atoms with E-state index in [1.54, 1.807) is 0 Å². The first-order valence-corrected chi connectivity index (χ1v) is 5.77. The molecule has 0 heterocycles. The molecule has 0 saturated heterocycles. The second kappa shape index (κ2) is 4.13. The lowest BCUT2D eigenvalue weighted by Crippen LogP contribution is -1.88. The fourth-order valence-corrected chi connectivity index (χ4v) is 2.19. The van der Waals surface area contributed by atoms with Crippen molar-refractivity contribution < 1.29 is 0 Å². The van der Waals surface area contributed by atoms with Crippen molar-refractivity contribution in [2.24, 2.45) is 0 Å². The van der Waals surface area contributed by atoms with E-state index in [0.29, 0.717) is 0 Å². The average Bonchev–Trinajstić information content (AvgIpc) is 2.27. The third-order valence-electron chi connectivity index (χ3n) is 3.33. The number of allylic oxidation sites excluding steroid dienone is 1. The summed E-state index contributed by atoms with van der Waals surface area (Å²) in [5.41, 5.74) is 5.45. The summed E-state index contributed by atoms with van der Waals surface area (Å²) in [6.07, 6.45) is 4.31. The Hall–Kier alpha value is -1.56. The van der Waals surface area contributed by atoms with E-state index in [2.05, 4.69) is 64.1 Å². The molecule has 82 valence electrons. The Balaban J connectivity index is 2.89. The molecule has 0 unspecified atom stereocenters. The third kappa shape index (κ3) is 1.65. The Kier molecular flexibility index (Phi) is 2.82. The molecule has 0 amide bonds. The van der Waals surface area contributed by atoms with Crippen LogP contribution in [-0.2, 0) is 0 Å². The van der Waals surface area contributed by atoms with Crippen LogP contribution in [-0.4, -0.2) is 0 Å². The summed E-state index contributed by atoms with van der Waals surface area (Å²) >= 11 is 0. The number of aryl methyl sites for hydroxylation is 3. The molecule has 0 radical (unpaired) electrons. The van der Waals surface area contributed by atoms with Crippen LogP contribution in [0.5, 0.6) is 0 Å². The van der Waals surface area contributed by atoms with Gasteiger partial charge < -0.3 is 0 Å². The molecule has 16 heavy (non-hydrogen) atoms. The van der Waals surface area contributed by atoms with Gasteiger partial charge in [0.1, 0.15) is 0 Å². The zero-order valence-corrected chi connectivity index (χ0v) is 10.5. The van der Waals surface area contributed by atoms with Crippen LogP contribution in [0.3, 0.4) is 0 Å². The summed E-state index contributed by atoms with van der Waals surface area (Å²) in [7, 11) is 0. The summed E-state index contributed by atoms with van der Waals surface area (Å²) in [6.45, 7) is 8.61. The molecule has 0 nitrogen and oxygen atoms in total. The fourth-order valence-electron chi connectivity index (χ4n) is 2.19. The van der Waals surface area contributed by atoms with Gasteiger partial charge in [0.25, 0.3) is 0 Å². The molecule has 0 aliphatic rings. The largest absolute Gasteiger partial charge is 0.0870 e. The van der Waals surface area contributed by atoms with Crippen molar-refractivity contribution in [3.63, 3.8) is 0 Å². The quantitative estimate of drug-likeness (QED) is 0.634. The molecule has 2 aromatic carbocycles. The molecule has 0 aliphatic carbocycles. The number of hydrogen-bond donors (Lipinski definition) is 0. The first kappa shape index (κ1) is 10.9. The van der Waals surface area contributed by atoms with Gasteiger partial charge in [0, 0.05) is 0 Å². The lowest BCUT2D eigenvalue weighted by molar-refractivity contribution is 1.37. The minimum atomic E-state index is 1.34. The number of fused-ring (bicyclic) bond motifs is 1. The molecule has 0 atom stereocenters. The Morgan fingerprint density at radius 3 is 2.12 bits per heavy atom. The highest BCUT2D eigenvalue weighted by Gasteiger charge is 2.05. The maximum Gasteiger partial charge on any atom is -0.0106 e. The van der Waals surface area contributed by atoms with E-state index in [-0.39, 0.29) is 0 Å². The second-order valence-electron chi connectivity index (χ2n) is 4.40. The fraction of sp³-hybridized carbons (Fsp3) is 0.250. The lowest BCUT2D eigenvalue weighted by Gasteiger charge is -2.10. The highest BCUT2D eigenvalue weighted by molar-refractivity contribution is 5.94. The van der Waals surface area contributed by atoms with Gasteiger partial charge in [-0.05, 0) is 60.7 Å². The third-order valence-corrected chi connectivity index (χ3v) is 3.33. The van der Waals surface area contributed by atoms with Gasteiger partial charge in [0.05, 0.1) is 0 Å².